The molecule has 0 aliphatic heterocycles. The van der Waals surface area contributed by atoms with E-state index in [2.05, 4.69) is 4.72 Å². The molecule has 2 aromatic rings. The maximum Gasteiger partial charge on any atom is 0.216 e. The van der Waals surface area contributed by atoms with Crippen molar-refractivity contribution in [1.82, 2.24) is 4.72 Å². The van der Waals surface area contributed by atoms with Crippen LogP contribution in [0.25, 0.3) is 0 Å². The zero-order valence-corrected chi connectivity index (χ0v) is 14.0. The highest BCUT2D eigenvalue weighted by molar-refractivity contribution is 7.88. The van der Waals surface area contributed by atoms with Crippen LogP contribution in [-0.2, 0) is 15.8 Å². The van der Waals surface area contributed by atoms with Crippen molar-refractivity contribution in [3.63, 3.8) is 0 Å². The fraction of sp³-hybridized carbons (Fsp3) is 0.250. The molecule has 0 heterocycles. The minimum absolute atomic E-state index is 0.161. The molecule has 2 rings (SSSR count). The van der Waals surface area contributed by atoms with E-state index < -0.39 is 16.1 Å². The fourth-order valence-electron chi connectivity index (χ4n) is 2.22. The second-order valence-corrected chi connectivity index (χ2v) is 7.09. The number of ether oxygens (including phenoxy) is 1. The molecule has 0 saturated carbocycles. The quantitative estimate of drug-likeness (QED) is 0.876. The standard InChI is InChI=1S/C16H18ClNO3S/c1-12(14-8-4-6-10-16(14)21-2)18-22(19,20)11-13-7-3-5-9-15(13)17/h3-10,12,18H,11H2,1-2H3/t12-/m0/s1. The lowest BCUT2D eigenvalue weighted by Gasteiger charge is -2.17. The minimum atomic E-state index is -3.52. The monoisotopic (exact) mass is 339 g/mol. The van der Waals surface area contributed by atoms with Gasteiger partial charge in [-0.15, -0.1) is 0 Å². The summed E-state index contributed by atoms with van der Waals surface area (Å²) < 4.78 is 32.6. The van der Waals surface area contributed by atoms with E-state index in [1.807, 2.05) is 18.2 Å². The van der Waals surface area contributed by atoms with E-state index in [-0.39, 0.29) is 5.75 Å². The van der Waals surface area contributed by atoms with Gasteiger partial charge < -0.3 is 4.74 Å². The molecule has 0 saturated heterocycles. The molecule has 0 aromatic heterocycles. The Bertz CT molecular complexity index is 747. The molecule has 0 amide bonds. The molecule has 22 heavy (non-hydrogen) atoms. The normalized spacial score (nSPS) is 12.9. The van der Waals surface area contributed by atoms with E-state index in [4.69, 9.17) is 16.3 Å². The van der Waals surface area contributed by atoms with Gasteiger partial charge in [-0.05, 0) is 24.6 Å². The second-order valence-electron chi connectivity index (χ2n) is 4.93. The lowest BCUT2D eigenvalue weighted by molar-refractivity contribution is 0.405. The van der Waals surface area contributed by atoms with Crippen molar-refractivity contribution in [2.75, 3.05) is 7.11 Å². The van der Waals surface area contributed by atoms with Crippen LogP contribution in [0.5, 0.6) is 5.75 Å². The predicted molar refractivity (Wildman–Crippen MR) is 88.6 cm³/mol. The SMILES string of the molecule is COc1ccccc1[C@H](C)NS(=O)(=O)Cc1ccccc1Cl. The summed E-state index contributed by atoms with van der Waals surface area (Å²) in [5.74, 6) is 0.488. The molecule has 0 bridgehead atoms. The third kappa shape index (κ3) is 4.22. The molecule has 2 aromatic carbocycles. The van der Waals surface area contributed by atoms with Crippen LogP contribution in [0.3, 0.4) is 0 Å². The zero-order chi connectivity index (χ0) is 16.2. The highest BCUT2D eigenvalue weighted by atomic mass is 35.5. The van der Waals surface area contributed by atoms with E-state index in [0.717, 1.165) is 5.56 Å². The van der Waals surface area contributed by atoms with Crippen LogP contribution in [0.4, 0.5) is 0 Å². The summed E-state index contributed by atoms with van der Waals surface area (Å²) in [7, 11) is -1.96. The molecular formula is C16H18ClNO3S. The Morgan fingerprint density at radius 3 is 2.45 bits per heavy atom. The summed E-state index contributed by atoms with van der Waals surface area (Å²) in [4.78, 5) is 0. The number of halogens is 1. The van der Waals surface area contributed by atoms with Crippen LogP contribution in [-0.4, -0.2) is 15.5 Å². The van der Waals surface area contributed by atoms with Crippen molar-refractivity contribution >= 4 is 21.6 Å². The number of hydrogen-bond acceptors (Lipinski definition) is 3. The average Bonchev–Trinajstić information content (AvgIpc) is 2.49. The average molecular weight is 340 g/mol. The maximum absolute atomic E-state index is 12.3. The molecule has 4 nitrogen and oxygen atoms in total. The Morgan fingerprint density at radius 2 is 1.77 bits per heavy atom. The van der Waals surface area contributed by atoms with E-state index in [9.17, 15) is 8.42 Å². The lowest BCUT2D eigenvalue weighted by Crippen LogP contribution is -2.28. The lowest BCUT2D eigenvalue weighted by atomic mass is 10.1. The molecule has 0 unspecified atom stereocenters. The van der Waals surface area contributed by atoms with Gasteiger partial charge in [0.05, 0.1) is 12.9 Å². The largest absolute Gasteiger partial charge is 0.496 e. The first kappa shape index (κ1) is 16.8. The molecule has 0 aliphatic carbocycles. The Morgan fingerprint density at radius 1 is 1.14 bits per heavy atom. The van der Waals surface area contributed by atoms with Crippen LogP contribution >= 0.6 is 11.6 Å². The molecule has 1 N–H and O–H groups in total. The van der Waals surface area contributed by atoms with Crippen molar-refractivity contribution < 1.29 is 13.2 Å². The van der Waals surface area contributed by atoms with Crippen LogP contribution in [0.2, 0.25) is 5.02 Å². The molecule has 0 spiro atoms. The summed E-state index contributed by atoms with van der Waals surface area (Å²) in [5, 5.41) is 0.442. The predicted octanol–water partition coefficient (Wildman–Crippen LogP) is 3.53. The van der Waals surface area contributed by atoms with Gasteiger partial charge in [-0.1, -0.05) is 48.0 Å². The number of hydrogen-bond donors (Lipinski definition) is 1. The maximum atomic E-state index is 12.3. The Hall–Kier alpha value is -1.56. The van der Waals surface area contributed by atoms with Crippen LogP contribution < -0.4 is 9.46 Å². The van der Waals surface area contributed by atoms with Gasteiger partial charge >= 0.3 is 0 Å². The highest BCUT2D eigenvalue weighted by Crippen LogP contribution is 2.25. The summed E-state index contributed by atoms with van der Waals surface area (Å²) in [5.41, 5.74) is 1.36. The van der Waals surface area contributed by atoms with Gasteiger partial charge in [0.2, 0.25) is 10.0 Å². The Kier molecular flexibility index (Phi) is 5.45. The van der Waals surface area contributed by atoms with Crippen LogP contribution in [0.15, 0.2) is 48.5 Å². The molecule has 1 atom stereocenters. The first-order valence-electron chi connectivity index (χ1n) is 6.79. The molecule has 118 valence electrons. The minimum Gasteiger partial charge on any atom is -0.496 e. The zero-order valence-electron chi connectivity index (χ0n) is 12.4. The van der Waals surface area contributed by atoms with Gasteiger partial charge in [0, 0.05) is 16.6 Å². The van der Waals surface area contributed by atoms with E-state index >= 15 is 0 Å². The van der Waals surface area contributed by atoms with Gasteiger partial charge in [-0.2, -0.15) is 0 Å². The number of para-hydroxylation sites is 1. The number of nitrogens with one attached hydrogen (secondary N) is 1. The number of sulfonamides is 1. The van der Waals surface area contributed by atoms with Gasteiger partial charge in [-0.3, -0.25) is 0 Å². The Balaban J connectivity index is 2.16. The van der Waals surface area contributed by atoms with Gasteiger partial charge in [-0.25, -0.2) is 13.1 Å². The van der Waals surface area contributed by atoms with E-state index in [0.29, 0.717) is 16.3 Å². The third-order valence-corrected chi connectivity index (χ3v) is 5.04. The summed E-state index contributed by atoms with van der Waals surface area (Å²) in [6.07, 6.45) is 0. The molecule has 0 fully saturated rings. The van der Waals surface area contributed by atoms with Gasteiger partial charge in [0.15, 0.2) is 0 Å². The smallest absolute Gasteiger partial charge is 0.216 e. The van der Waals surface area contributed by atoms with E-state index in [1.54, 1.807) is 44.4 Å². The number of rotatable bonds is 6. The first-order chi connectivity index (χ1) is 10.4. The summed E-state index contributed by atoms with van der Waals surface area (Å²) >= 11 is 6.02. The van der Waals surface area contributed by atoms with Crippen molar-refractivity contribution in [2.24, 2.45) is 0 Å². The van der Waals surface area contributed by atoms with Crippen LogP contribution in [0, 0.1) is 0 Å². The van der Waals surface area contributed by atoms with Gasteiger partial charge in [0.25, 0.3) is 0 Å². The number of methoxy groups -OCH3 is 1. The van der Waals surface area contributed by atoms with Gasteiger partial charge in [0.1, 0.15) is 5.75 Å². The van der Waals surface area contributed by atoms with E-state index in [1.165, 1.54) is 0 Å². The Labute approximate surface area is 136 Å². The third-order valence-electron chi connectivity index (χ3n) is 3.27. The highest BCUT2D eigenvalue weighted by Gasteiger charge is 2.19. The fourth-order valence-corrected chi connectivity index (χ4v) is 3.91. The first-order valence-corrected chi connectivity index (χ1v) is 8.82. The molecule has 0 aliphatic rings. The van der Waals surface area contributed by atoms with Crippen LogP contribution in [0.1, 0.15) is 24.1 Å². The summed E-state index contributed by atoms with van der Waals surface area (Å²) in [6.45, 7) is 1.78. The van der Waals surface area contributed by atoms with Crippen molar-refractivity contribution in [1.29, 1.82) is 0 Å². The topological polar surface area (TPSA) is 55.4 Å². The van der Waals surface area contributed by atoms with Crippen molar-refractivity contribution in [3.05, 3.63) is 64.7 Å². The number of benzene rings is 2. The molecule has 6 heteroatoms. The van der Waals surface area contributed by atoms with Crippen molar-refractivity contribution in [3.8, 4) is 5.75 Å². The molecule has 0 radical (unpaired) electrons. The summed E-state index contributed by atoms with van der Waals surface area (Å²) in [6, 6.07) is 13.8. The molecular weight excluding hydrogens is 322 g/mol. The van der Waals surface area contributed by atoms with Crippen molar-refractivity contribution in [2.45, 2.75) is 18.7 Å². The second kappa shape index (κ2) is 7.13.